The van der Waals surface area contributed by atoms with Crippen LogP contribution in [0.25, 0.3) is 11.4 Å². The first kappa shape index (κ1) is 14.9. The lowest BCUT2D eigenvalue weighted by Crippen LogP contribution is -2.27. The SMILES string of the molecule is NCC1CCC(c2ccccc2)n2nc(-c3ccc(N)cc3)nc21. The number of nitrogens with zero attached hydrogens (tertiary/aromatic N) is 3. The third kappa shape index (κ3) is 2.57. The first-order valence-electron chi connectivity index (χ1n) is 8.33. The van der Waals surface area contributed by atoms with Crippen molar-refractivity contribution in [2.75, 3.05) is 12.3 Å². The number of fused-ring (bicyclic) bond motifs is 1. The lowest BCUT2D eigenvalue weighted by Gasteiger charge is -2.28. The minimum atomic E-state index is 0.221. The number of benzene rings is 2. The maximum atomic E-state index is 5.97. The molecule has 24 heavy (non-hydrogen) atoms. The summed E-state index contributed by atoms with van der Waals surface area (Å²) in [5.41, 5.74) is 14.7. The zero-order valence-electron chi connectivity index (χ0n) is 13.5. The van der Waals surface area contributed by atoms with Crippen molar-refractivity contribution in [3.8, 4) is 11.4 Å². The summed E-state index contributed by atoms with van der Waals surface area (Å²) in [5.74, 6) is 2.00. The molecule has 2 atom stereocenters. The molecule has 1 aliphatic rings. The average molecular weight is 319 g/mol. The minimum absolute atomic E-state index is 0.221. The molecule has 1 aromatic heterocycles. The molecule has 0 saturated carbocycles. The van der Waals surface area contributed by atoms with E-state index in [0.29, 0.717) is 6.54 Å². The third-order valence-corrected chi connectivity index (χ3v) is 4.74. The molecular weight excluding hydrogens is 298 g/mol. The number of aromatic nitrogens is 3. The van der Waals surface area contributed by atoms with Gasteiger partial charge in [0.1, 0.15) is 5.82 Å². The topological polar surface area (TPSA) is 82.8 Å². The van der Waals surface area contributed by atoms with Gasteiger partial charge in [0.2, 0.25) is 0 Å². The fourth-order valence-electron chi connectivity index (χ4n) is 3.41. The Kier molecular flexibility index (Phi) is 3.78. The zero-order chi connectivity index (χ0) is 16.5. The fraction of sp³-hybridized carbons (Fsp3) is 0.263. The lowest BCUT2D eigenvalue weighted by molar-refractivity contribution is 0.368. The molecule has 5 heteroatoms. The third-order valence-electron chi connectivity index (χ3n) is 4.74. The molecule has 0 fully saturated rings. The second kappa shape index (κ2) is 6.09. The van der Waals surface area contributed by atoms with Crippen LogP contribution in [0.3, 0.4) is 0 Å². The van der Waals surface area contributed by atoms with Gasteiger partial charge in [-0.15, -0.1) is 0 Å². The summed E-state index contributed by atoms with van der Waals surface area (Å²) >= 11 is 0. The Morgan fingerprint density at radius 3 is 2.46 bits per heavy atom. The number of nitrogens with two attached hydrogens (primary N) is 2. The summed E-state index contributed by atoms with van der Waals surface area (Å²) in [4.78, 5) is 4.81. The van der Waals surface area contributed by atoms with Crippen LogP contribution in [0.2, 0.25) is 0 Å². The first-order valence-corrected chi connectivity index (χ1v) is 8.33. The van der Waals surface area contributed by atoms with Crippen LogP contribution in [-0.4, -0.2) is 21.3 Å². The molecule has 0 bridgehead atoms. The summed E-state index contributed by atoms with van der Waals surface area (Å²) in [6.45, 7) is 0.599. The van der Waals surface area contributed by atoms with Gasteiger partial charge >= 0.3 is 0 Å². The summed E-state index contributed by atoms with van der Waals surface area (Å²) in [6.07, 6.45) is 2.07. The predicted molar refractivity (Wildman–Crippen MR) is 95.5 cm³/mol. The van der Waals surface area contributed by atoms with E-state index in [2.05, 4.69) is 28.9 Å². The van der Waals surface area contributed by atoms with Crippen LogP contribution < -0.4 is 11.5 Å². The summed E-state index contributed by atoms with van der Waals surface area (Å²) in [5, 5.41) is 4.82. The smallest absolute Gasteiger partial charge is 0.181 e. The van der Waals surface area contributed by atoms with Crippen molar-refractivity contribution in [2.45, 2.75) is 24.8 Å². The quantitative estimate of drug-likeness (QED) is 0.727. The van der Waals surface area contributed by atoms with Crippen molar-refractivity contribution in [2.24, 2.45) is 5.73 Å². The molecule has 0 saturated heterocycles. The van der Waals surface area contributed by atoms with Crippen molar-refractivity contribution in [1.82, 2.24) is 14.8 Å². The second-order valence-electron chi connectivity index (χ2n) is 6.30. The Hall–Kier alpha value is -2.66. The van der Waals surface area contributed by atoms with Crippen molar-refractivity contribution in [1.29, 1.82) is 0 Å². The van der Waals surface area contributed by atoms with Gasteiger partial charge in [0.05, 0.1) is 6.04 Å². The normalized spacial score (nSPS) is 19.9. The van der Waals surface area contributed by atoms with Crippen molar-refractivity contribution >= 4 is 5.69 Å². The van der Waals surface area contributed by atoms with E-state index in [1.165, 1.54) is 5.56 Å². The van der Waals surface area contributed by atoms with Gasteiger partial charge in [0, 0.05) is 23.7 Å². The number of hydrogen-bond donors (Lipinski definition) is 2. The molecule has 5 nitrogen and oxygen atoms in total. The highest BCUT2D eigenvalue weighted by Crippen LogP contribution is 2.36. The van der Waals surface area contributed by atoms with E-state index in [1.807, 2.05) is 30.3 Å². The van der Waals surface area contributed by atoms with E-state index >= 15 is 0 Å². The van der Waals surface area contributed by atoms with Crippen LogP contribution in [0.15, 0.2) is 54.6 Å². The van der Waals surface area contributed by atoms with E-state index < -0.39 is 0 Å². The van der Waals surface area contributed by atoms with Gasteiger partial charge < -0.3 is 11.5 Å². The maximum Gasteiger partial charge on any atom is 0.181 e. The van der Waals surface area contributed by atoms with Crippen molar-refractivity contribution in [3.63, 3.8) is 0 Å². The lowest BCUT2D eigenvalue weighted by atomic mass is 9.91. The molecule has 0 radical (unpaired) electrons. The Labute approximate surface area is 141 Å². The molecule has 122 valence electrons. The summed E-state index contributed by atoms with van der Waals surface area (Å²) in [7, 11) is 0. The Balaban J connectivity index is 1.79. The molecule has 0 spiro atoms. The number of nitrogen functional groups attached to an aromatic ring is 1. The maximum absolute atomic E-state index is 5.97. The molecule has 1 aliphatic heterocycles. The fourth-order valence-corrected chi connectivity index (χ4v) is 3.41. The summed E-state index contributed by atoms with van der Waals surface area (Å²) < 4.78 is 2.07. The Morgan fingerprint density at radius 1 is 1.00 bits per heavy atom. The highest BCUT2D eigenvalue weighted by atomic mass is 15.4. The standard InChI is InChI=1S/C19H21N5/c20-12-15-8-11-17(13-4-2-1-3-5-13)24-19(15)22-18(23-24)14-6-9-16(21)10-7-14/h1-7,9-10,15,17H,8,11-12,20-21H2. The predicted octanol–water partition coefficient (Wildman–Crippen LogP) is 2.95. The number of anilines is 1. The van der Waals surface area contributed by atoms with Gasteiger partial charge in [-0.25, -0.2) is 9.67 Å². The monoisotopic (exact) mass is 319 g/mol. The molecular formula is C19H21N5. The van der Waals surface area contributed by atoms with Crippen LogP contribution >= 0.6 is 0 Å². The molecule has 3 aromatic rings. The van der Waals surface area contributed by atoms with E-state index in [4.69, 9.17) is 21.5 Å². The van der Waals surface area contributed by atoms with Crippen LogP contribution in [0, 0.1) is 0 Å². The molecule has 2 unspecified atom stereocenters. The largest absolute Gasteiger partial charge is 0.399 e. The van der Waals surface area contributed by atoms with Crippen molar-refractivity contribution in [3.05, 3.63) is 66.0 Å². The zero-order valence-corrected chi connectivity index (χ0v) is 13.5. The van der Waals surface area contributed by atoms with E-state index in [9.17, 15) is 0 Å². The van der Waals surface area contributed by atoms with Crippen LogP contribution in [-0.2, 0) is 0 Å². The molecule has 0 aliphatic carbocycles. The van der Waals surface area contributed by atoms with E-state index in [0.717, 1.165) is 35.7 Å². The van der Waals surface area contributed by atoms with Gasteiger partial charge in [-0.05, 0) is 42.7 Å². The van der Waals surface area contributed by atoms with Crippen molar-refractivity contribution < 1.29 is 0 Å². The molecule has 0 amide bonds. The van der Waals surface area contributed by atoms with Gasteiger partial charge in [-0.3, -0.25) is 0 Å². The molecule has 2 aromatic carbocycles. The summed E-state index contributed by atoms with van der Waals surface area (Å²) in [6, 6.07) is 18.4. The van der Waals surface area contributed by atoms with E-state index in [-0.39, 0.29) is 12.0 Å². The average Bonchev–Trinajstić information content (AvgIpc) is 3.07. The Bertz CT molecular complexity index is 823. The minimum Gasteiger partial charge on any atom is -0.399 e. The first-order chi connectivity index (χ1) is 11.8. The van der Waals surface area contributed by atoms with Gasteiger partial charge in [-0.1, -0.05) is 30.3 Å². The molecule has 4 rings (SSSR count). The second-order valence-corrected chi connectivity index (χ2v) is 6.30. The van der Waals surface area contributed by atoms with Crippen LogP contribution in [0.4, 0.5) is 5.69 Å². The van der Waals surface area contributed by atoms with Gasteiger partial charge in [0.25, 0.3) is 0 Å². The Morgan fingerprint density at radius 2 is 1.75 bits per heavy atom. The van der Waals surface area contributed by atoms with Gasteiger partial charge in [-0.2, -0.15) is 5.10 Å². The van der Waals surface area contributed by atoms with Crippen LogP contribution in [0.5, 0.6) is 0 Å². The van der Waals surface area contributed by atoms with Crippen LogP contribution in [0.1, 0.15) is 36.2 Å². The van der Waals surface area contributed by atoms with E-state index in [1.54, 1.807) is 0 Å². The molecule has 2 heterocycles. The van der Waals surface area contributed by atoms with Gasteiger partial charge in [0.15, 0.2) is 5.82 Å². The molecule has 4 N–H and O–H groups in total. The highest BCUT2D eigenvalue weighted by Gasteiger charge is 2.30. The number of hydrogen-bond acceptors (Lipinski definition) is 4. The highest BCUT2D eigenvalue weighted by molar-refractivity contribution is 5.58. The number of rotatable bonds is 3.